The van der Waals surface area contributed by atoms with Crippen LogP contribution >= 0.6 is 11.6 Å². The molecule has 0 atom stereocenters. The molecule has 1 amide bonds. The lowest BCUT2D eigenvalue weighted by molar-refractivity contribution is 0.0955. The summed E-state index contributed by atoms with van der Waals surface area (Å²) in [5.74, 6) is 0.472. The zero-order valence-corrected chi connectivity index (χ0v) is 15.3. The van der Waals surface area contributed by atoms with Crippen LogP contribution in [0.1, 0.15) is 15.9 Å². The lowest BCUT2D eigenvalue weighted by Crippen LogP contribution is -2.17. The number of carbonyl (C=O) groups is 1. The SMILES string of the molecule is O=C(N/N=C/c1ccc(O)cc1)c1ccc2nc(-c3ccccc3Cl)[nH]c2c1. The molecule has 4 rings (SSSR count). The lowest BCUT2D eigenvalue weighted by Gasteiger charge is -2.00. The number of H-pyrrole nitrogens is 1. The van der Waals surface area contributed by atoms with E-state index >= 15 is 0 Å². The standard InChI is InChI=1S/C21H15ClN4O2/c22-17-4-2-1-3-16(17)20-24-18-10-7-14(11-19(18)25-20)21(28)26-23-12-13-5-8-15(27)9-6-13/h1-12,27H,(H,24,25)(H,26,28)/b23-12+. The number of nitrogens with one attached hydrogen (secondary N) is 2. The van der Waals surface area contributed by atoms with E-state index < -0.39 is 0 Å². The van der Waals surface area contributed by atoms with Gasteiger partial charge in [0.25, 0.3) is 5.91 Å². The number of phenolic OH excluding ortho intramolecular Hbond substituents is 1. The highest BCUT2D eigenvalue weighted by atomic mass is 35.5. The first-order valence-electron chi connectivity index (χ1n) is 8.47. The van der Waals surface area contributed by atoms with Crippen LogP contribution in [0, 0.1) is 0 Å². The Bertz CT molecular complexity index is 1180. The second kappa shape index (κ2) is 7.54. The summed E-state index contributed by atoms with van der Waals surface area (Å²) in [4.78, 5) is 20.1. The zero-order chi connectivity index (χ0) is 19.5. The number of hydrazone groups is 1. The van der Waals surface area contributed by atoms with Crippen LogP contribution in [-0.4, -0.2) is 27.2 Å². The van der Waals surface area contributed by atoms with Gasteiger partial charge >= 0.3 is 0 Å². The fourth-order valence-corrected chi connectivity index (χ4v) is 2.95. The Balaban J connectivity index is 1.53. The zero-order valence-electron chi connectivity index (χ0n) is 14.6. The van der Waals surface area contributed by atoms with Crippen molar-refractivity contribution in [2.24, 2.45) is 5.10 Å². The van der Waals surface area contributed by atoms with E-state index in [1.807, 2.05) is 18.2 Å². The molecule has 0 aliphatic rings. The Kier molecular flexibility index (Phi) is 4.78. The van der Waals surface area contributed by atoms with Crippen LogP contribution < -0.4 is 5.43 Å². The van der Waals surface area contributed by atoms with Gasteiger partial charge in [0.05, 0.1) is 22.3 Å². The summed E-state index contributed by atoms with van der Waals surface area (Å²) in [5.41, 5.74) is 5.95. The van der Waals surface area contributed by atoms with E-state index in [4.69, 9.17) is 11.6 Å². The van der Waals surface area contributed by atoms with Gasteiger partial charge < -0.3 is 10.1 Å². The predicted octanol–water partition coefficient (Wildman–Crippen LogP) is 4.35. The number of imidazole rings is 1. The molecule has 7 heteroatoms. The third kappa shape index (κ3) is 3.72. The van der Waals surface area contributed by atoms with Crippen LogP contribution in [0.5, 0.6) is 5.75 Å². The highest BCUT2D eigenvalue weighted by Crippen LogP contribution is 2.27. The maximum absolute atomic E-state index is 12.3. The molecule has 6 nitrogen and oxygen atoms in total. The molecule has 1 heterocycles. The molecule has 0 unspecified atom stereocenters. The van der Waals surface area contributed by atoms with Crippen LogP contribution in [0.4, 0.5) is 0 Å². The normalized spacial score (nSPS) is 11.2. The van der Waals surface area contributed by atoms with Crippen LogP contribution in [0.2, 0.25) is 5.02 Å². The number of benzene rings is 3. The van der Waals surface area contributed by atoms with E-state index in [9.17, 15) is 9.90 Å². The summed E-state index contributed by atoms with van der Waals surface area (Å²) >= 11 is 6.23. The summed E-state index contributed by atoms with van der Waals surface area (Å²) < 4.78 is 0. The van der Waals surface area contributed by atoms with Crippen molar-refractivity contribution in [2.75, 3.05) is 0 Å². The van der Waals surface area contributed by atoms with E-state index in [2.05, 4.69) is 20.5 Å². The molecule has 3 aromatic carbocycles. The number of nitrogens with zero attached hydrogens (tertiary/aromatic N) is 2. The van der Waals surface area contributed by atoms with E-state index in [0.29, 0.717) is 16.4 Å². The summed E-state index contributed by atoms with van der Waals surface area (Å²) in [6.07, 6.45) is 1.50. The summed E-state index contributed by atoms with van der Waals surface area (Å²) in [6, 6.07) is 19.1. The first kappa shape index (κ1) is 17.8. The van der Waals surface area contributed by atoms with Gasteiger partial charge in [0.2, 0.25) is 0 Å². The van der Waals surface area contributed by atoms with Crippen molar-refractivity contribution in [3.05, 3.63) is 82.9 Å². The quantitative estimate of drug-likeness (QED) is 0.357. The van der Waals surface area contributed by atoms with E-state index in [1.165, 1.54) is 6.21 Å². The number of aromatic hydroxyl groups is 1. The number of hydrogen-bond donors (Lipinski definition) is 3. The Hall–Kier alpha value is -3.64. The Labute approximate surface area is 165 Å². The summed E-state index contributed by atoms with van der Waals surface area (Å²) in [7, 11) is 0. The van der Waals surface area contributed by atoms with Gasteiger partial charge in [0, 0.05) is 11.1 Å². The molecule has 0 bridgehead atoms. The molecule has 0 aliphatic carbocycles. The minimum atomic E-state index is -0.342. The minimum absolute atomic E-state index is 0.171. The maximum Gasteiger partial charge on any atom is 0.271 e. The highest BCUT2D eigenvalue weighted by Gasteiger charge is 2.11. The first-order valence-corrected chi connectivity index (χ1v) is 8.85. The molecule has 0 aliphatic heterocycles. The van der Waals surface area contributed by atoms with E-state index in [0.717, 1.165) is 22.2 Å². The summed E-state index contributed by atoms with van der Waals surface area (Å²) in [5, 5.41) is 13.8. The van der Waals surface area contributed by atoms with Gasteiger partial charge in [-0.05, 0) is 60.2 Å². The van der Waals surface area contributed by atoms with Crippen LogP contribution in [-0.2, 0) is 0 Å². The third-order valence-corrected chi connectivity index (χ3v) is 4.48. The van der Waals surface area contributed by atoms with Gasteiger partial charge in [0.15, 0.2) is 0 Å². The van der Waals surface area contributed by atoms with E-state index in [1.54, 1.807) is 48.5 Å². The van der Waals surface area contributed by atoms with Crippen molar-refractivity contribution >= 4 is 34.8 Å². The van der Waals surface area contributed by atoms with Gasteiger partial charge in [-0.2, -0.15) is 5.10 Å². The fraction of sp³-hybridized carbons (Fsp3) is 0. The van der Waals surface area contributed by atoms with Gasteiger partial charge in [-0.25, -0.2) is 10.4 Å². The molecule has 1 aromatic heterocycles. The summed E-state index contributed by atoms with van der Waals surface area (Å²) in [6.45, 7) is 0. The van der Waals surface area contributed by atoms with Gasteiger partial charge in [-0.15, -0.1) is 0 Å². The Morgan fingerprint density at radius 1 is 1.11 bits per heavy atom. The van der Waals surface area contributed by atoms with Gasteiger partial charge in [-0.1, -0.05) is 23.7 Å². The molecule has 0 spiro atoms. The number of phenols is 1. The maximum atomic E-state index is 12.3. The Morgan fingerprint density at radius 2 is 1.89 bits per heavy atom. The van der Waals surface area contributed by atoms with Crippen molar-refractivity contribution in [3.63, 3.8) is 0 Å². The fourth-order valence-electron chi connectivity index (χ4n) is 2.72. The highest BCUT2D eigenvalue weighted by molar-refractivity contribution is 6.33. The average molecular weight is 391 g/mol. The van der Waals surface area contributed by atoms with Crippen LogP contribution in [0.25, 0.3) is 22.4 Å². The molecule has 28 heavy (non-hydrogen) atoms. The van der Waals surface area contributed by atoms with Gasteiger partial charge in [-0.3, -0.25) is 4.79 Å². The monoisotopic (exact) mass is 390 g/mol. The minimum Gasteiger partial charge on any atom is -0.508 e. The van der Waals surface area contributed by atoms with Crippen LogP contribution in [0.15, 0.2) is 71.8 Å². The average Bonchev–Trinajstić information content (AvgIpc) is 3.12. The van der Waals surface area contributed by atoms with Crippen molar-refractivity contribution in [1.82, 2.24) is 15.4 Å². The third-order valence-electron chi connectivity index (χ3n) is 4.15. The number of rotatable bonds is 4. The number of amides is 1. The first-order chi connectivity index (χ1) is 13.6. The molecule has 0 fully saturated rings. The molecule has 0 saturated heterocycles. The van der Waals surface area contributed by atoms with Crippen molar-refractivity contribution < 1.29 is 9.90 Å². The lowest BCUT2D eigenvalue weighted by atomic mass is 10.2. The number of halogens is 1. The number of aromatic nitrogens is 2. The molecular formula is C21H15ClN4O2. The second-order valence-corrected chi connectivity index (χ2v) is 6.50. The molecular weight excluding hydrogens is 376 g/mol. The van der Waals surface area contributed by atoms with Crippen molar-refractivity contribution in [2.45, 2.75) is 0 Å². The number of carbonyl (C=O) groups excluding carboxylic acids is 1. The number of aromatic amines is 1. The van der Waals surface area contributed by atoms with E-state index in [-0.39, 0.29) is 11.7 Å². The molecule has 3 N–H and O–H groups in total. The predicted molar refractivity (Wildman–Crippen MR) is 110 cm³/mol. The molecule has 0 radical (unpaired) electrons. The number of hydrogen-bond acceptors (Lipinski definition) is 4. The molecule has 4 aromatic rings. The molecule has 138 valence electrons. The molecule has 0 saturated carbocycles. The van der Waals surface area contributed by atoms with Crippen molar-refractivity contribution in [3.8, 4) is 17.1 Å². The van der Waals surface area contributed by atoms with Crippen molar-refractivity contribution in [1.29, 1.82) is 0 Å². The Morgan fingerprint density at radius 3 is 2.68 bits per heavy atom. The smallest absolute Gasteiger partial charge is 0.271 e. The van der Waals surface area contributed by atoms with Crippen LogP contribution in [0.3, 0.4) is 0 Å². The largest absolute Gasteiger partial charge is 0.508 e. The second-order valence-electron chi connectivity index (χ2n) is 6.09. The number of fused-ring (bicyclic) bond motifs is 1. The van der Waals surface area contributed by atoms with Gasteiger partial charge in [0.1, 0.15) is 11.6 Å². The topological polar surface area (TPSA) is 90.4 Å².